The molecular weight excluding hydrogens is 392 g/mol. The van der Waals surface area contributed by atoms with Crippen LogP contribution in [0.4, 0.5) is 0 Å². The molecule has 4 aliphatic carbocycles. The minimum atomic E-state index is -0.109. The van der Waals surface area contributed by atoms with Crippen LogP contribution in [0.2, 0.25) is 0 Å². The van der Waals surface area contributed by atoms with Crippen molar-refractivity contribution in [2.24, 2.45) is 39.9 Å². The molecule has 32 heavy (non-hydrogen) atoms. The van der Waals surface area contributed by atoms with Crippen LogP contribution in [-0.4, -0.2) is 12.1 Å². The van der Waals surface area contributed by atoms with Crippen LogP contribution in [0.5, 0.6) is 0 Å². The summed E-state index contributed by atoms with van der Waals surface area (Å²) in [7, 11) is 0. The topological polar surface area (TPSA) is 26.3 Å². The molecule has 0 heterocycles. The third-order valence-electron chi connectivity index (χ3n) is 10.9. The lowest BCUT2D eigenvalue weighted by atomic mass is 9.46. The Balaban J connectivity index is 1.66. The number of allylic oxidation sites excluding steroid dienone is 3. The van der Waals surface area contributed by atoms with Crippen molar-refractivity contribution in [3.05, 3.63) is 23.3 Å². The van der Waals surface area contributed by atoms with Crippen LogP contribution in [0, 0.1) is 39.9 Å². The van der Waals surface area contributed by atoms with Gasteiger partial charge in [0.15, 0.2) is 0 Å². The first-order valence-electron chi connectivity index (χ1n) is 13.6. The highest BCUT2D eigenvalue weighted by Crippen LogP contribution is 2.71. The zero-order chi connectivity index (χ0) is 23.3. The highest BCUT2D eigenvalue weighted by molar-refractivity contribution is 5.66. The lowest BCUT2D eigenvalue weighted by Gasteiger charge is -2.59. The molecule has 0 aliphatic heterocycles. The standard InChI is InChI=1S/C30H48O2/c1-20(2)11-10-12-21(3)23-14-17-30(7)26-19-27(32-22(4)31)25-13-8-9-16-28(25,5)24(26)15-18-29(23,30)6/h8-9,20-21,23,25,27H,10-19H2,1-7H3/t21-,23-,25-,27?,28-,29-,30+/m1/s1. The molecule has 4 aliphatic rings. The fourth-order valence-electron chi connectivity index (χ4n) is 8.80. The predicted molar refractivity (Wildman–Crippen MR) is 133 cm³/mol. The van der Waals surface area contributed by atoms with Gasteiger partial charge in [-0.25, -0.2) is 0 Å². The second-order valence-corrected chi connectivity index (χ2v) is 12.9. The Hall–Kier alpha value is -1.05. The van der Waals surface area contributed by atoms with E-state index >= 15 is 0 Å². The minimum Gasteiger partial charge on any atom is -0.462 e. The van der Waals surface area contributed by atoms with E-state index in [0.717, 1.165) is 37.0 Å². The summed E-state index contributed by atoms with van der Waals surface area (Å²) >= 11 is 0. The Labute approximate surface area is 197 Å². The molecule has 2 nitrogen and oxygen atoms in total. The van der Waals surface area contributed by atoms with Gasteiger partial charge >= 0.3 is 5.97 Å². The van der Waals surface area contributed by atoms with Gasteiger partial charge in [-0.15, -0.1) is 0 Å². The number of rotatable bonds is 6. The van der Waals surface area contributed by atoms with E-state index in [4.69, 9.17) is 4.74 Å². The molecule has 180 valence electrons. The van der Waals surface area contributed by atoms with Crippen LogP contribution in [0.3, 0.4) is 0 Å². The van der Waals surface area contributed by atoms with Crippen LogP contribution < -0.4 is 0 Å². The number of ether oxygens (including phenoxy) is 1. The van der Waals surface area contributed by atoms with Crippen LogP contribution >= 0.6 is 0 Å². The second kappa shape index (κ2) is 8.62. The molecule has 2 heteroatoms. The Kier molecular flexibility index (Phi) is 6.49. The fraction of sp³-hybridized carbons (Fsp3) is 0.833. The van der Waals surface area contributed by atoms with Crippen molar-refractivity contribution in [3.8, 4) is 0 Å². The summed E-state index contributed by atoms with van der Waals surface area (Å²) in [5.41, 5.74) is 4.24. The number of carbonyl (C=O) groups excluding carboxylic acids is 1. The average molecular weight is 441 g/mol. The minimum absolute atomic E-state index is 0.0443. The summed E-state index contributed by atoms with van der Waals surface area (Å²) in [4.78, 5) is 12.1. The molecule has 0 saturated heterocycles. The highest BCUT2D eigenvalue weighted by atomic mass is 16.5. The maximum atomic E-state index is 12.1. The molecule has 1 fully saturated rings. The van der Waals surface area contributed by atoms with Gasteiger partial charge in [-0.3, -0.25) is 4.79 Å². The third kappa shape index (κ3) is 3.72. The zero-order valence-corrected chi connectivity index (χ0v) is 21.9. The molecular formula is C30H48O2. The maximum Gasteiger partial charge on any atom is 0.302 e. The largest absolute Gasteiger partial charge is 0.462 e. The van der Waals surface area contributed by atoms with Gasteiger partial charge in [0.2, 0.25) is 0 Å². The molecule has 0 radical (unpaired) electrons. The van der Waals surface area contributed by atoms with Gasteiger partial charge in [-0.05, 0) is 72.5 Å². The highest BCUT2D eigenvalue weighted by Gasteiger charge is 2.62. The predicted octanol–water partition coefficient (Wildman–Crippen LogP) is 8.27. The Morgan fingerprint density at radius 2 is 1.84 bits per heavy atom. The van der Waals surface area contributed by atoms with Gasteiger partial charge in [0, 0.05) is 19.3 Å². The molecule has 0 aromatic rings. The fourth-order valence-corrected chi connectivity index (χ4v) is 8.80. The zero-order valence-electron chi connectivity index (χ0n) is 21.9. The van der Waals surface area contributed by atoms with Gasteiger partial charge in [0.1, 0.15) is 6.10 Å². The lowest BCUT2D eigenvalue weighted by Crippen LogP contribution is -2.52. The van der Waals surface area contributed by atoms with Crippen molar-refractivity contribution >= 4 is 5.97 Å². The number of carbonyl (C=O) groups is 1. The molecule has 1 saturated carbocycles. The molecule has 0 spiro atoms. The molecule has 7 atom stereocenters. The Morgan fingerprint density at radius 3 is 2.53 bits per heavy atom. The van der Waals surface area contributed by atoms with Crippen molar-refractivity contribution in [1.29, 1.82) is 0 Å². The molecule has 4 rings (SSSR count). The van der Waals surface area contributed by atoms with Gasteiger partial charge in [0.25, 0.3) is 0 Å². The molecule has 0 aromatic heterocycles. The van der Waals surface area contributed by atoms with Crippen molar-refractivity contribution in [2.75, 3.05) is 0 Å². The van der Waals surface area contributed by atoms with E-state index in [2.05, 4.69) is 53.7 Å². The van der Waals surface area contributed by atoms with Crippen LogP contribution in [0.15, 0.2) is 23.3 Å². The van der Waals surface area contributed by atoms with Crippen molar-refractivity contribution < 1.29 is 9.53 Å². The van der Waals surface area contributed by atoms with E-state index in [1.165, 1.54) is 44.9 Å². The summed E-state index contributed by atoms with van der Waals surface area (Å²) in [6.45, 7) is 16.5. The first-order valence-corrected chi connectivity index (χ1v) is 13.6. The van der Waals surface area contributed by atoms with E-state index < -0.39 is 0 Å². The van der Waals surface area contributed by atoms with Crippen LogP contribution in [0.25, 0.3) is 0 Å². The molecule has 1 unspecified atom stereocenters. The Bertz CT molecular complexity index is 791. The number of esters is 1. The average Bonchev–Trinajstić information content (AvgIpc) is 2.99. The van der Waals surface area contributed by atoms with Crippen molar-refractivity contribution in [3.63, 3.8) is 0 Å². The van der Waals surface area contributed by atoms with Crippen LogP contribution in [-0.2, 0) is 9.53 Å². The van der Waals surface area contributed by atoms with E-state index in [-0.39, 0.29) is 22.9 Å². The quantitative estimate of drug-likeness (QED) is 0.307. The normalized spacial score (nSPS) is 41.8. The van der Waals surface area contributed by atoms with Crippen molar-refractivity contribution in [1.82, 2.24) is 0 Å². The van der Waals surface area contributed by atoms with Gasteiger partial charge in [0.05, 0.1) is 0 Å². The molecule has 0 amide bonds. The molecule has 0 bridgehead atoms. The lowest BCUT2D eigenvalue weighted by molar-refractivity contribution is -0.153. The summed E-state index contributed by atoms with van der Waals surface area (Å²) in [5.74, 6) is 2.76. The number of hydrogen-bond donors (Lipinski definition) is 0. The summed E-state index contributed by atoms with van der Waals surface area (Å²) in [6.07, 6.45) is 17.3. The third-order valence-corrected chi connectivity index (χ3v) is 10.9. The molecule has 0 N–H and O–H groups in total. The summed E-state index contributed by atoms with van der Waals surface area (Å²) < 4.78 is 6.04. The smallest absolute Gasteiger partial charge is 0.302 e. The van der Waals surface area contributed by atoms with E-state index in [1.807, 2.05) is 0 Å². The Morgan fingerprint density at radius 1 is 1.09 bits per heavy atom. The van der Waals surface area contributed by atoms with Gasteiger partial charge in [-0.2, -0.15) is 0 Å². The van der Waals surface area contributed by atoms with Crippen molar-refractivity contribution in [2.45, 2.75) is 119 Å². The van der Waals surface area contributed by atoms with Crippen LogP contribution in [0.1, 0.15) is 113 Å². The first-order chi connectivity index (χ1) is 15.0. The summed E-state index contributed by atoms with van der Waals surface area (Å²) in [5, 5.41) is 0. The maximum absolute atomic E-state index is 12.1. The van der Waals surface area contributed by atoms with E-state index in [9.17, 15) is 4.79 Å². The number of hydrogen-bond acceptors (Lipinski definition) is 2. The summed E-state index contributed by atoms with van der Waals surface area (Å²) in [6, 6.07) is 0. The first kappa shape index (κ1) is 24.1. The molecule has 0 aromatic carbocycles. The van der Waals surface area contributed by atoms with Gasteiger partial charge in [-0.1, -0.05) is 84.1 Å². The van der Waals surface area contributed by atoms with E-state index in [0.29, 0.717) is 11.3 Å². The van der Waals surface area contributed by atoms with E-state index in [1.54, 1.807) is 18.1 Å². The van der Waals surface area contributed by atoms with Gasteiger partial charge < -0.3 is 4.74 Å². The SMILES string of the molecule is CC(=O)OC1CC2=C(CC[C@]3(C)[C@@H]([C@H](C)CCCC(C)C)CC[C@@]23C)[C@@]2(C)CC=CC[C@H]12. The monoisotopic (exact) mass is 440 g/mol. The number of fused-ring (bicyclic) bond motifs is 4. The second-order valence-electron chi connectivity index (χ2n) is 12.9.